The molecule has 0 spiro atoms. The van der Waals surface area contributed by atoms with Crippen LogP contribution in [0.2, 0.25) is 0 Å². The summed E-state index contributed by atoms with van der Waals surface area (Å²) in [5.74, 6) is 0.628. The predicted molar refractivity (Wildman–Crippen MR) is 179 cm³/mol. The van der Waals surface area contributed by atoms with E-state index < -0.39 is 11.7 Å². The van der Waals surface area contributed by atoms with Crippen LogP contribution in [0.1, 0.15) is 97.0 Å². The fraction of sp³-hybridized carbons (Fsp3) is 0.514. The van der Waals surface area contributed by atoms with Crippen molar-refractivity contribution in [1.29, 1.82) is 0 Å². The molecule has 2 N–H and O–H groups in total. The zero-order chi connectivity index (χ0) is 33.9. The highest BCUT2D eigenvalue weighted by Gasteiger charge is 2.33. The molecule has 5 rings (SSSR count). The molecule has 1 aliphatic carbocycles. The van der Waals surface area contributed by atoms with Gasteiger partial charge >= 0.3 is 6.09 Å². The second kappa shape index (κ2) is 14.1. The number of carbonyl (C=O) groups is 3. The number of aryl methyl sites for hydroxylation is 2. The summed E-state index contributed by atoms with van der Waals surface area (Å²) in [4.78, 5) is 48.4. The molecule has 2 fully saturated rings. The first kappa shape index (κ1) is 33.9. The Morgan fingerprint density at radius 3 is 2.43 bits per heavy atom. The fourth-order valence-electron chi connectivity index (χ4n) is 5.76. The van der Waals surface area contributed by atoms with Gasteiger partial charge in [-0.2, -0.15) is 5.10 Å². The molecule has 3 heterocycles. The average Bonchev–Trinajstić information content (AvgIpc) is 3.77. The maximum atomic E-state index is 13.4. The summed E-state index contributed by atoms with van der Waals surface area (Å²) in [5, 5.41) is 9.90. The molecule has 12 heteroatoms. The van der Waals surface area contributed by atoms with E-state index in [4.69, 9.17) is 14.5 Å². The van der Waals surface area contributed by atoms with Crippen molar-refractivity contribution in [2.75, 3.05) is 38.0 Å². The van der Waals surface area contributed by atoms with E-state index in [1.54, 1.807) is 41.0 Å². The SMILES string of the molecule is CCNC(=O)c1cc(C(=O)Nc2ccn(C)n2)c(C)cc1O[C@H](CN1CCN(C(=O)OC(C)(C)C)[C@H](C)C1)c1ccc(C2CC2)cn1. The van der Waals surface area contributed by atoms with Crippen molar-refractivity contribution in [3.63, 3.8) is 0 Å². The van der Waals surface area contributed by atoms with Crippen LogP contribution in [0, 0.1) is 6.92 Å². The summed E-state index contributed by atoms with van der Waals surface area (Å²) >= 11 is 0. The number of aromatic nitrogens is 3. The molecule has 2 aliphatic rings. The Bertz CT molecular complexity index is 1590. The van der Waals surface area contributed by atoms with Gasteiger partial charge in [0.15, 0.2) is 11.9 Å². The first-order valence-electron chi connectivity index (χ1n) is 16.4. The molecular formula is C35H47N7O5. The van der Waals surface area contributed by atoms with Gasteiger partial charge in [-0.1, -0.05) is 6.07 Å². The third kappa shape index (κ3) is 8.68. The topological polar surface area (TPSA) is 131 Å². The molecular weight excluding hydrogens is 598 g/mol. The number of piperazine rings is 1. The maximum absolute atomic E-state index is 13.4. The van der Waals surface area contributed by atoms with Crippen LogP contribution in [0.4, 0.5) is 10.6 Å². The Kier molecular flexibility index (Phi) is 10.2. The summed E-state index contributed by atoms with van der Waals surface area (Å²) in [7, 11) is 1.77. The van der Waals surface area contributed by atoms with Gasteiger partial charge in [0.2, 0.25) is 0 Å². The zero-order valence-corrected chi connectivity index (χ0v) is 28.5. The van der Waals surface area contributed by atoms with Crippen LogP contribution in [0.3, 0.4) is 0 Å². The highest BCUT2D eigenvalue weighted by molar-refractivity contribution is 6.07. The van der Waals surface area contributed by atoms with E-state index in [0.29, 0.717) is 61.3 Å². The third-order valence-electron chi connectivity index (χ3n) is 8.33. The predicted octanol–water partition coefficient (Wildman–Crippen LogP) is 5.06. The van der Waals surface area contributed by atoms with Crippen molar-refractivity contribution < 1.29 is 23.9 Å². The molecule has 0 radical (unpaired) electrons. The molecule has 47 heavy (non-hydrogen) atoms. The Morgan fingerprint density at radius 2 is 1.83 bits per heavy atom. The molecule has 3 aromatic rings. The van der Waals surface area contributed by atoms with Crippen LogP contribution in [0.25, 0.3) is 0 Å². The number of nitrogens with one attached hydrogen (secondary N) is 2. The van der Waals surface area contributed by atoms with Crippen LogP contribution in [0.5, 0.6) is 5.75 Å². The van der Waals surface area contributed by atoms with Crippen LogP contribution in [0.15, 0.2) is 42.7 Å². The molecule has 2 aromatic heterocycles. The number of benzene rings is 1. The largest absolute Gasteiger partial charge is 0.482 e. The van der Waals surface area contributed by atoms with E-state index in [0.717, 1.165) is 5.69 Å². The normalized spacial score (nSPS) is 17.6. The van der Waals surface area contributed by atoms with Gasteiger partial charge in [-0.25, -0.2) is 4.79 Å². The lowest BCUT2D eigenvalue weighted by atomic mass is 10.0. The second-order valence-electron chi connectivity index (χ2n) is 13.5. The summed E-state index contributed by atoms with van der Waals surface area (Å²) in [6, 6.07) is 9.07. The molecule has 3 amide bonds. The Balaban J connectivity index is 1.41. The van der Waals surface area contributed by atoms with Crippen LogP contribution in [-0.2, 0) is 11.8 Å². The van der Waals surface area contributed by atoms with Crippen LogP contribution in [-0.4, -0.2) is 86.8 Å². The van der Waals surface area contributed by atoms with E-state index in [1.807, 2.05) is 53.8 Å². The molecule has 1 aliphatic heterocycles. The number of hydrogen-bond donors (Lipinski definition) is 2. The Hall–Kier alpha value is -4.45. The lowest BCUT2D eigenvalue weighted by Gasteiger charge is -2.41. The van der Waals surface area contributed by atoms with Gasteiger partial charge in [0.1, 0.15) is 11.4 Å². The lowest BCUT2D eigenvalue weighted by molar-refractivity contribution is -0.00317. The van der Waals surface area contributed by atoms with Gasteiger partial charge in [0.25, 0.3) is 11.8 Å². The molecule has 12 nitrogen and oxygen atoms in total. The number of rotatable bonds is 10. The highest BCUT2D eigenvalue weighted by Crippen LogP contribution is 2.40. The van der Waals surface area contributed by atoms with E-state index in [1.165, 1.54) is 18.4 Å². The summed E-state index contributed by atoms with van der Waals surface area (Å²) < 4.78 is 14.0. The van der Waals surface area contributed by atoms with Crippen LogP contribution < -0.4 is 15.4 Å². The van der Waals surface area contributed by atoms with E-state index in [9.17, 15) is 14.4 Å². The molecule has 1 saturated carbocycles. The van der Waals surface area contributed by atoms with Crippen molar-refractivity contribution in [3.8, 4) is 5.75 Å². The minimum atomic E-state index is -0.570. The first-order valence-corrected chi connectivity index (χ1v) is 16.4. The fourth-order valence-corrected chi connectivity index (χ4v) is 5.76. The summed E-state index contributed by atoms with van der Waals surface area (Å²) in [5.41, 5.74) is 2.64. The van der Waals surface area contributed by atoms with E-state index in [-0.39, 0.29) is 29.5 Å². The monoisotopic (exact) mass is 645 g/mol. The zero-order valence-electron chi connectivity index (χ0n) is 28.5. The number of amides is 3. The Labute approximate surface area is 276 Å². The number of anilines is 1. The molecule has 0 unspecified atom stereocenters. The smallest absolute Gasteiger partial charge is 0.410 e. The van der Waals surface area contributed by atoms with Crippen molar-refractivity contribution in [2.24, 2.45) is 7.05 Å². The Morgan fingerprint density at radius 1 is 1.06 bits per heavy atom. The van der Waals surface area contributed by atoms with Crippen molar-refractivity contribution >= 4 is 23.7 Å². The molecule has 252 valence electrons. The first-order chi connectivity index (χ1) is 22.3. The van der Waals surface area contributed by atoms with Crippen molar-refractivity contribution in [2.45, 2.75) is 78.0 Å². The van der Waals surface area contributed by atoms with Gasteiger partial charge in [0, 0.05) is 69.8 Å². The van der Waals surface area contributed by atoms with Gasteiger partial charge in [0.05, 0.1) is 11.3 Å². The highest BCUT2D eigenvalue weighted by atomic mass is 16.6. The quantitative estimate of drug-likeness (QED) is 0.313. The van der Waals surface area contributed by atoms with Gasteiger partial charge in [-0.05, 0) is 89.6 Å². The lowest BCUT2D eigenvalue weighted by Crippen LogP contribution is -2.55. The average molecular weight is 646 g/mol. The summed E-state index contributed by atoms with van der Waals surface area (Å²) in [6.45, 7) is 13.9. The van der Waals surface area contributed by atoms with Gasteiger partial charge < -0.3 is 25.0 Å². The number of carbonyl (C=O) groups excluding carboxylic acids is 3. The number of pyridine rings is 1. The van der Waals surface area contributed by atoms with Gasteiger partial charge in [-0.3, -0.25) is 24.2 Å². The van der Waals surface area contributed by atoms with Crippen LogP contribution >= 0.6 is 0 Å². The third-order valence-corrected chi connectivity index (χ3v) is 8.33. The molecule has 2 atom stereocenters. The van der Waals surface area contributed by atoms with Gasteiger partial charge in [-0.15, -0.1) is 0 Å². The number of nitrogens with zero attached hydrogens (tertiary/aromatic N) is 5. The molecule has 1 saturated heterocycles. The number of ether oxygens (including phenoxy) is 2. The van der Waals surface area contributed by atoms with E-state index in [2.05, 4.69) is 26.7 Å². The molecule has 0 bridgehead atoms. The molecule has 1 aromatic carbocycles. The second-order valence-corrected chi connectivity index (χ2v) is 13.5. The van der Waals surface area contributed by atoms with Crippen molar-refractivity contribution in [3.05, 3.63) is 70.7 Å². The van der Waals surface area contributed by atoms with E-state index >= 15 is 0 Å². The number of hydrogen-bond acceptors (Lipinski definition) is 8. The minimum Gasteiger partial charge on any atom is -0.482 e. The summed E-state index contributed by atoms with van der Waals surface area (Å²) in [6.07, 6.45) is 5.18. The minimum absolute atomic E-state index is 0.0745. The van der Waals surface area contributed by atoms with Crippen molar-refractivity contribution in [1.82, 2.24) is 29.9 Å². The standard InChI is InChI=1S/C35H47N7O5/c1-8-36-32(43)27-18-26(33(44)38-31-13-14-40(7)39-31)22(2)17-29(27)46-30(28-12-11-25(19-37-28)24-9-10-24)21-41-15-16-42(23(3)20-41)34(45)47-35(4,5)6/h11-14,17-19,23-24,30H,8-10,15-16,20-21H2,1-7H3,(H,36,43)(H,38,39,44)/t23-,30-/m1/s1. The maximum Gasteiger partial charge on any atom is 0.410 e.